The van der Waals surface area contributed by atoms with Gasteiger partial charge in [-0.05, 0) is 31.9 Å². The van der Waals surface area contributed by atoms with Gasteiger partial charge in [0.1, 0.15) is 11.1 Å². The highest BCUT2D eigenvalue weighted by molar-refractivity contribution is 7.92. The molecule has 1 fully saturated rings. The van der Waals surface area contributed by atoms with Crippen LogP contribution in [0.3, 0.4) is 0 Å². The van der Waals surface area contributed by atoms with Crippen molar-refractivity contribution < 1.29 is 17.6 Å². The number of hydrogen-bond acceptors (Lipinski definition) is 3. The Balaban J connectivity index is 2.15. The van der Waals surface area contributed by atoms with Crippen molar-refractivity contribution in [1.29, 1.82) is 0 Å². The summed E-state index contributed by atoms with van der Waals surface area (Å²) in [4.78, 5) is 11.8. The van der Waals surface area contributed by atoms with Gasteiger partial charge in [-0.15, -0.1) is 0 Å². The Labute approximate surface area is 122 Å². The Kier molecular flexibility index (Phi) is 4.34. The van der Waals surface area contributed by atoms with E-state index in [2.05, 4.69) is 5.32 Å². The number of carbonyl (C=O) groups excluding carboxylic acids is 1. The predicted molar refractivity (Wildman–Crippen MR) is 74.7 cm³/mol. The molecule has 0 aromatic heterocycles. The van der Waals surface area contributed by atoms with Gasteiger partial charge in [0, 0.05) is 16.6 Å². The molecule has 0 bridgehead atoms. The number of carbonyl (C=O) groups is 1. The molecule has 1 N–H and O–H groups in total. The smallest absolute Gasteiger partial charge is 0.238 e. The highest BCUT2D eigenvalue weighted by Gasteiger charge is 2.33. The van der Waals surface area contributed by atoms with Crippen LogP contribution in [0.4, 0.5) is 4.39 Å². The SMILES string of the molecule is C[C@H](C(=O)NC1CC1)S(=O)(=O)Cc1c(F)cccc1Cl. The van der Waals surface area contributed by atoms with E-state index >= 15 is 0 Å². The Morgan fingerprint density at radius 2 is 2.15 bits per heavy atom. The van der Waals surface area contributed by atoms with Gasteiger partial charge in [-0.1, -0.05) is 17.7 Å². The standard InChI is InChI=1S/C13H15ClFNO3S/c1-8(13(17)16-9-5-6-9)20(18,19)7-10-11(14)3-2-4-12(10)15/h2-4,8-9H,5-7H2,1H3,(H,16,17)/t8-/m1/s1. The second-order valence-electron chi connectivity index (χ2n) is 4.93. The minimum atomic E-state index is -3.81. The number of amides is 1. The fourth-order valence-electron chi connectivity index (χ4n) is 1.71. The molecule has 0 aliphatic heterocycles. The molecule has 2 rings (SSSR count). The van der Waals surface area contributed by atoms with E-state index in [1.807, 2.05) is 0 Å². The number of halogens is 2. The molecule has 1 atom stereocenters. The lowest BCUT2D eigenvalue weighted by molar-refractivity contribution is -0.120. The summed E-state index contributed by atoms with van der Waals surface area (Å²) in [5.41, 5.74) is -0.0970. The van der Waals surface area contributed by atoms with Gasteiger partial charge in [0.25, 0.3) is 0 Å². The minimum Gasteiger partial charge on any atom is -0.352 e. The summed E-state index contributed by atoms with van der Waals surface area (Å²) in [5, 5.41) is 1.45. The van der Waals surface area contributed by atoms with Crippen molar-refractivity contribution in [3.05, 3.63) is 34.6 Å². The Hall–Kier alpha value is -1.14. The van der Waals surface area contributed by atoms with E-state index in [-0.39, 0.29) is 16.6 Å². The van der Waals surface area contributed by atoms with Gasteiger partial charge in [-0.2, -0.15) is 0 Å². The summed E-state index contributed by atoms with van der Waals surface area (Å²) in [6.07, 6.45) is 1.75. The molecule has 1 saturated carbocycles. The van der Waals surface area contributed by atoms with Crippen LogP contribution in [0.1, 0.15) is 25.3 Å². The fraction of sp³-hybridized carbons (Fsp3) is 0.462. The van der Waals surface area contributed by atoms with E-state index in [4.69, 9.17) is 11.6 Å². The maximum absolute atomic E-state index is 13.6. The van der Waals surface area contributed by atoms with Gasteiger partial charge < -0.3 is 5.32 Å². The minimum absolute atomic E-state index is 0.0448. The van der Waals surface area contributed by atoms with Crippen LogP contribution in [-0.2, 0) is 20.4 Å². The topological polar surface area (TPSA) is 63.2 Å². The first kappa shape index (κ1) is 15.3. The van der Waals surface area contributed by atoms with Gasteiger partial charge in [0.15, 0.2) is 9.84 Å². The zero-order valence-electron chi connectivity index (χ0n) is 10.9. The van der Waals surface area contributed by atoms with Crippen LogP contribution in [0, 0.1) is 5.82 Å². The first-order valence-corrected chi connectivity index (χ1v) is 8.35. The molecule has 0 radical (unpaired) electrons. The zero-order chi connectivity index (χ0) is 14.9. The van der Waals surface area contributed by atoms with E-state index in [0.29, 0.717) is 0 Å². The molecule has 110 valence electrons. The molecule has 0 spiro atoms. The largest absolute Gasteiger partial charge is 0.352 e. The summed E-state index contributed by atoms with van der Waals surface area (Å²) < 4.78 is 37.9. The van der Waals surface area contributed by atoms with Crippen molar-refractivity contribution in [3.8, 4) is 0 Å². The molecule has 1 aromatic carbocycles. The van der Waals surface area contributed by atoms with E-state index < -0.39 is 32.6 Å². The monoisotopic (exact) mass is 319 g/mol. The molecule has 20 heavy (non-hydrogen) atoms. The molecule has 1 aliphatic rings. The first-order valence-electron chi connectivity index (χ1n) is 6.26. The summed E-state index contributed by atoms with van der Waals surface area (Å²) >= 11 is 5.81. The predicted octanol–water partition coefficient (Wildman–Crippen LogP) is 2.06. The molecule has 0 saturated heterocycles. The molecule has 0 unspecified atom stereocenters. The van der Waals surface area contributed by atoms with Crippen molar-refractivity contribution >= 4 is 27.3 Å². The van der Waals surface area contributed by atoms with E-state index in [9.17, 15) is 17.6 Å². The average molecular weight is 320 g/mol. The second-order valence-corrected chi connectivity index (χ2v) is 7.66. The van der Waals surface area contributed by atoms with Crippen molar-refractivity contribution in [2.45, 2.75) is 36.8 Å². The second kappa shape index (κ2) is 5.69. The summed E-state index contributed by atoms with van der Waals surface area (Å²) in [6.45, 7) is 1.31. The fourth-order valence-corrected chi connectivity index (χ4v) is 3.35. The van der Waals surface area contributed by atoms with Crippen LogP contribution in [0.5, 0.6) is 0 Å². The quantitative estimate of drug-likeness (QED) is 0.903. The van der Waals surface area contributed by atoms with Crippen molar-refractivity contribution in [1.82, 2.24) is 5.32 Å². The highest BCUT2D eigenvalue weighted by atomic mass is 35.5. The molecule has 7 heteroatoms. The molecule has 1 amide bonds. The summed E-state index contributed by atoms with van der Waals surface area (Å²) in [7, 11) is -3.81. The van der Waals surface area contributed by atoms with Crippen LogP contribution >= 0.6 is 11.6 Å². The van der Waals surface area contributed by atoms with E-state index in [1.165, 1.54) is 19.1 Å². The Morgan fingerprint density at radius 1 is 1.50 bits per heavy atom. The highest BCUT2D eigenvalue weighted by Crippen LogP contribution is 2.24. The molecular formula is C13H15ClFNO3S. The third kappa shape index (κ3) is 3.49. The maximum atomic E-state index is 13.6. The van der Waals surface area contributed by atoms with Gasteiger partial charge in [-0.3, -0.25) is 4.79 Å². The van der Waals surface area contributed by atoms with Crippen molar-refractivity contribution in [2.24, 2.45) is 0 Å². The lowest BCUT2D eigenvalue weighted by Crippen LogP contribution is -2.39. The third-order valence-electron chi connectivity index (χ3n) is 3.24. The van der Waals surface area contributed by atoms with Crippen molar-refractivity contribution in [3.63, 3.8) is 0 Å². The van der Waals surface area contributed by atoms with Gasteiger partial charge in [-0.25, -0.2) is 12.8 Å². The van der Waals surface area contributed by atoms with Gasteiger partial charge in [0.2, 0.25) is 5.91 Å². The van der Waals surface area contributed by atoms with Crippen molar-refractivity contribution in [2.75, 3.05) is 0 Å². The number of nitrogens with one attached hydrogen (secondary N) is 1. The number of rotatable bonds is 5. The average Bonchev–Trinajstić information content (AvgIpc) is 3.17. The maximum Gasteiger partial charge on any atom is 0.238 e. The van der Waals surface area contributed by atoms with Crippen LogP contribution in [0.25, 0.3) is 0 Å². The van der Waals surface area contributed by atoms with E-state index in [0.717, 1.165) is 18.9 Å². The lowest BCUT2D eigenvalue weighted by atomic mass is 10.2. The Bertz CT molecular complexity index is 608. The summed E-state index contributed by atoms with van der Waals surface area (Å²) in [5.74, 6) is -1.81. The van der Waals surface area contributed by atoms with Crippen LogP contribution in [0.2, 0.25) is 5.02 Å². The molecule has 0 heterocycles. The molecule has 1 aliphatic carbocycles. The lowest BCUT2D eigenvalue weighted by Gasteiger charge is -2.14. The summed E-state index contributed by atoms with van der Waals surface area (Å²) in [6, 6.07) is 4.05. The van der Waals surface area contributed by atoms with E-state index in [1.54, 1.807) is 0 Å². The first-order chi connectivity index (χ1) is 9.31. The molecular weight excluding hydrogens is 305 g/mol. The normalized spacial score (nSPS) is 16.8. The molecule has 1 aromatic rings. The number of benzene rings is 1. The van der Waals surface area contributed by atoms with Crippen LogP contribution < -0.4 is 5.32 Å². The Morgan fingerprint density at radius 3 is 2.70 bits per heavy atom. The van der Waals surface area contributed by atoms with Crippen LogP contribution in [-0.4, -0.2) is 25.6 Å². The number of sulfone groups is 1. The van der Waals surface area contributed by atoms with Gasteiger partial charge in [0.05, 0.1) is 5.75 Å². The number of hydrogen-bond donors (Lipinski definition) is 1. The zero-order valence-corrected chi connectivity index (χ0v) is 12.5. The third-order valence-corrected chi connectivity index (χ3v) is 5.58. The van der Waals surface area contributed by atoms with Gasteiger partial charge >= 0.3 is 0 Å². The molecule has 4 nitrogen and oxygen atoms in total. The van der Waals surface area contributed by atoms with Crippen LogP contribution in [0.15, 0.2) is 18.2 Å².